The maximum atomic E-state index is 6.33. The van der Waals surface area contributed by atoms with E-state index in [1.807, 2.05) is 6.07 Å². The molecule has 112 valence electrons. The molecular weight excluding hydrogens is 280 g/mol. The topological polar surface area (TPSA) is 24.9 Å². The third-order valence-electron chi connectivity index (χ3n) is 3.57. The summed E-state index contributed by atoms with van der Waals surface area (Å²) in [7, 11) is 0. The highest BCUT2D eigenvalue weighted by atomic mass is 35.5. The molecule has 0 aliphatic rings. The van der Waals surface area contributed by atoms with Gasteiger partial charge in [0.25, 0.3) is 0 Å². The minimum atomic E-state index is 0.121. The van der Waals surface area contributed by atoms with Gasteiger partial charge in [-0.3, -0.25) is 4.98 Å². The molecule has 0 saturated carbocycles. The zero-order chi connectivity index (χ0) is 15.1. The molecule has 1 unspecified atom stereocenters. The summed E-state index contributed by atoms with van der Waals surface area (Å²) in [5.41, 5.74) is 3.72. The van der Waals surface area contributed by atoms with Crippen LogP contribution in [-0.4, -0.2) is 11.5 Å². The van der Waals surface area contributed by atoms with Gasteiger partial charge in [0.15, 0.2) is 0 Å². The van der Waals surface area contributed by atoms with Crippen molar-refractivity contribution in [3.05, 3.63) is 64.4 Å². The molecule has 0 radical (unpaired) electrons. The van der Waals surface area contributed by atoms with Crippen LogP contribution >= 0.6 is 11.6 Å². The first-order valence-electron chi connectivity index (χ1n) is 7.67. The second-order valence-corrected chi connectivity index (χ2v) is 5.68. The Labute approximate surface area is 132 Å². The van der Waals surface area contributed by atoms with E-state index >= 15 is 0 Å². The van der Waals surface area contributed by atoms with Crippen molar-refractivity contribution >= 4 is 11.6 Å². The van der Waals surface area contributed by atoms with Gasteiger partial charge in [0.05, 0.1) is 11.1 Å². The van der Waals surface area contributed by atoms with Gasteiger partial charge in [0, 0.05) is 12.4 Å². The molecule has 2 nitrogen and oxygen atoms in total. The van der Waals surface area contributed by atoms with Gasteiger partial charge in [-0.2, -0.15) is 0 Å². The van der Waals surface area contributed by atoms with Crippen molar-refractivity contribution in [3.63, 3.8) is 0 Å². The van der Waals surface area contributed by atoms with E-state index in [1.54, 1.807) is 12.4 Å². The molecule has 21 heavy (non-hydrogen) atoms. The van der Waals surface area contributed by atoms with E-state index in [9.17, 15) is 0 Å². The van der Waals surface area contributed by atoms with Gasteiger partial charge in [0.1, 0.15) is 0 Å². The minimum Gasteiger partial charge on any atom is -0.306 e. The molecule has 0 amide bonds. The van der Waals surface area contributed by atoms with E-state index < -0.39 is 0 Å². The maximum absolute atomic E-state index is 6.33. The Morgan fingerprint density at radius 2 is 1.86 bits per heavy atom. The molecular formula is C18H23ClN2. The fourth-order valence-corrected chi connectivity index (χ4v) is 2.71. The standard InChI is InChI=1S/C18H23ClN2/c1-3-5-14-6-8-15(9-7-14)18(21-11-4-2)16-10-12-20-13-17(16)19/h6-10,12-13,18,21H,3-5,11H2,1-2H3. The second kappa shape index (κ2) is 8.16. The van der Waals surface area contributed by atoms with E-state index in [2.05, 4.69) is 48.4 Å². The maximum Gasteiger partial charge on any atom is 0.0640 e. The van der Waals surface area contributed by atoms with E-state index in [1.165, 1.54) is 17.5 Å². The van der Waals surface area contributed by atoms with Gasteiger partial charge >= 0.3 is 0 Å². The average Bonchev–Trinajstić information content (AvgIpc) is 2.51. The highest BCUT2D eigenvalue weighted by Gasteiger charge is 2.16. The van der Waals surface area contributed by atoms with Gasteiger partial charge in [-0.25, -0.2) is 0 Å². The first-order chi connectivity index (χ1) is 10.3. The van der Waals surface area contributed by atoms with Crippen molar-refractivity contribution in [2.24, 2.45) is 0 Å². The van der Waals surface area contributed by atoms with E-state index in [4.69, 9.17) is 11.6 Å². The number of halogens is 1. The molecule has 2 rings (SSSR count). The number of hydrogen-bond donors (Lipinski definition) is 1. The van der Waals surface area contributed by atoms with Crippen molar-refractivity contribution in [1.29, 1.82) is 0 Å². The summed E-state index contributed by atoms with van der Waals surface area (Å²) in [6.07, 6.45) is 6.90. The van der Waals surface area contributed by atoms with Crippen molar-refractivity contribution < 1.29 is 0 Å². The summed E-state index contributed by atoms with van der Waals surface area (Å²) in [5.74, 6) is 0. The third kappa shape index (κ3) is 4.29. The fourth-order valence-electron chi connectivity index (χ4n) is 2.48. The highest BCUT2D eigenvalue weighted by Crippen LogP contribution is 2.28. The van der Waals surface area contributed by atoms with Crippen molar-refractivity contribution in [2.45, 2.75) is 39.2 Å². The van der Waals surface area contributed by atoms with Crippen molar-refractivity contribution in [2.75, 3.05) is 6.54 Å². The second-order valence-electron chi connectivity index (χ2n) is 5.28. The van der Waals surface area contributed by atoms with E-state index in [0.717, 1.165) is 24.9 Å². The van der Waals surface area contributed by atoms with Crippen LogP contribution in [0.3, 0.4) is 0 Å². The minimum absolute atomic E-state index is 0.121. The molecule has 1 heterocycles. The quantitative estimate of drug-likeness (QED) is 0.796. The number of nitrogens with zero attached hydrogens (tertiary/aromatic N) is 1. The largest absolute Gasteiger partial charge is 0.306 e. The monoisotopic (exact) mass is 302 g/mol. The predicted molar refractivity (Wildman–Crippen MR) is 89.8 cm³/mol. The number of benzene rings is 1. The summed E-state index contributed by atoms with van der Waals surface area (Å²) in [5, 5.41) is 4.29. The van der Waals surface area contributed by atoms with Crippen LogP contribution in [0.5, 0.6) is 0 Å². The van der Waals surface area contributed by atoms with Crippen LogP contribution in [0.25, 0.3) is 0 Å². The molecule has 0 spiro atoms. The Hall–Kier alpha value is -1.38. The number of hydrogen-bond acceptors (Lipinski definition) is 2. The van der Waals surface area contributed by atoms with Gasteiger partial charge < -0.3 is 5.32 Å². The lowest BCUT2D eigenvalue weighted by Gasteiger charge is -2.21. The van der Waals surface area contributed by atoms with Crippen LogP contribution in [0, 0.1) is 0 Å². The van der Waals surface area contributed by atoms with E-state index in [0.29, 0.717) is 5.02 Å². The first-order valence-corrected chi connectivity index (χ1v) is 8.05. The Morgan fingerprint density at radius 3 is 2.48 bits per heavy atom. The molecule has 1 N–H and O–H groups in total. The van der Waals surface area contributed by atoms with E-state index in [-0.39, 0.29) is 6.04 Å². The molecule has 0 bridgehead atoms. The lowest BCUT2D eigenvalue weighted by Crippen LogP contribution is -2.23. The van der Waals surface area contributed by atoms with Crippen molar-refractivity contribution in [1.82, 2.24) is 10.3 Å². The summed E-state index contributed by atoms with van der Waals surface area (Å²) in [4.78, 5) is 4.08. The smallest absolute Gasteiger partial charge is 0.0640 e. The molecule has 0 aliphatic heterocycles. The zero-order valence-corrected chi connectivity index (χ0v) is 13.5. The molecule has 2 aromatic rings. The third-order valence-corrected chi connectivity index (χ3v) is 3.88. The number of nitrogens with one attached hydrogen (secondary N) is 1. The molecule has 0 fully saturated rings. The Morgan fingerprint density at radius 1 is 1.10 bits per heavy atom. The van der Waals surface area contributed by atoms with Crippen molar-refractivity contribution in [3.8, 4) is 0 Å². The van der Waals surface area contributed by atoms with Crippen LogP contribution in [0.15, 0.2) is 42.7 Å². The summed E-state index contributed by atoms with van der Waals surface area (Å²) in [6.45, 7) is 5.33. The summed E-state index contributed by atoms with van der Waals surface area (Å²) >= 11 is 6.33. The van der Waals surface area contributed by atoms with Gasteiger partial charge in [0.2, 0.25) is 0 Å². The van der Waals surface area contributed by atoms with Gasteiger partial charge in [-0.05, 0) is 42.1 Å². The molecule has 0 saturated heterocycles. The van der Waals surface area contributed by atoms with Gasteiger partial charge in [-0.1, -0.05) is 56.1 Å². The summed E-state index contributed by atoms with van der Waals surface area (Å²) in [6, 6.07) is 11.0. The molecule has 1 aromatic heterocycles. The zero-order valence-electron chi connectivity index (χ0n) is 12.8. The number of aromatic nitrogens is 1. The van der Waals surface area contributed by atoms with Gasteiger partial charge in [-0.15, -0.1) is 0 Å². The SMILES string of the molecule is CCCNC(c1ccc(CCC)cc1)c1ccncc1Cl. The van der Waals surface area contributed by atoms with Crippen LogP contribution in [0.2, 0.25) is 5.02 Å². The number of pyridine rings is 1. The Balaban J connectivity index is 2.29. The first kappa shape index (κ1) is 16.0. The predicted octanol–water partition coefficient (Wildman–Crippen LogP) is 4.78. The average molecular weight is 303 g/mol. The Bertz CT molecular complexity index is 551. The highest BCUT2D eigenvalue weighted by molar-refractivity contribution is 6.31. The van der Waals surface area contributed by atoms with Crippen LogP contribution in [0.1, 0.15) is 49.4 Å². The lowest BCUT2D eigenvalue weighted by atomic mass is 9.97. The van der Waals surface area contributed by atoms with Crippen LogP contribution < -0.4 is 5.32 Å². The molecule has 1 aromatic carbocycles. The fraction of sp³-hybridized carbons (Fsp3) is 0.389. The number of rotatable bonds is 7. The molecule has 0 aliphatic carbocycles. The molecule has 1 atom stereocenters. The Kier molecular flexibility index (Phi) is 6.21. The molecule has 3 heteroatoms. The lowest BCUT2D eigenvalue weighted by molar-refractivity contribution is 0.598. The number of aryl methyl sites for hydroxylation is 1. The van der Waals surface area contributed by atoms with Crippen LogP contribution in [-0.2, 0) is 6.42 Å². The van der Waals surface area contributed by atoms with Crippen LogP contribution in [0.4, 0.5) is 0 Å². The normalized spacial score (nSPS) is 12.3. The summed E-state index contributed by atoms with van der Waals surface area (Å²) < 4.78 is 0.